The first kappa shape index (κ1) is 17.6. The Bertz CT molecular complexity index is 392. The van der Waals surface area contributed by atoms with E-state index in [0.29, 0.717) is 6.04 Å². The van der Waals surface area contributed by atoms with E-state index in [2.05, 4.69) is 15.6 Å². The molecule has 0 aromatic carbocycles. The molecule has 1 amide bonds. The number of carbonyl (C=O) groups excluding carboxylic acids is 1. The van der Waals surface area contributed by atoms with Gasteiger partial charge in [0.1, 0.15) is 4.88 Å². The van der Waals surface area contributed by atoms with Gasteiger partial charge in [0.2, 0.25) is 0 Å². The van der Waals surface area contributed by atoms with Crippen LogP contribution in [0.1, 0.15) is 33.2 Å². The highest BCUT2D eigenvalue weighted by Crippen LogP contribution is 2.16. The molecule has 7 heteroatoms. The van der Waals surface area contributed by atoms with Gasteiger partial charge in [-0.2, -0.15) is 0 Å². The molecule has 2 rings (SSSR count). The molecule has 1 atom stereocenters. The molecule has 4 nitrogen and oxygen atoms in total. The minimum atomic E-state index is 0. The highest BCUT2D eigenvalue weighted by molar-refractivity contribution is 7.13. The van der Waals surface area contributed by atoms with Gasteiger partial charge >= 0.3 is 0 Å². The molecule has 2 N–H and O–H groups in total. The number of amides is 1. The summed E-state index contributed by atoms with van der Waals surface area (Å²) < 4.78 is 0. The van der Waals surface area contributed by atoms with Crippen molar-refractivity contribution >= 4 is 42.1 Å². The fourth-order valence-electron chi connectivity index (χ4n) is 1.97. The maximum atomic E-state index is 11.9. The minimum Gasteiger partial charge on any atom is -0.350 e. The van der Waals surface area contributed by atoms with Crippen molar-refractivity contribution < 1.29 is 4.79 Å². The molecule has 1 unspecified atom stereocenters. The fraction of sp³-hybridized carbons (Fsp3) is 0.636. The molecule has 1 saturated heterocycles. The van der Waals surface area contributed by atoms with Crippen LogP contribution in [0, 0.1) is 13.8 Å². The average molecular weight is 312 g/mol. The predicted molar refractivity (Wildman–Crippen MR) is 79.4 cm³/mol. The molecule has 0 radical (unpaired) electrons. The summed E-state index contributed by atoms with van der Waals surface area (Å²) in [6.07, 6.45) is 2.36. The monoisotopic (exact) mass is 311 g/mol. The summed E-state index contributed by atoms with van der Waals surface area (Å²) in [4.78, 5) is 16.9. The summed E-state index contributed by atoms with van der Waals surface area (Å²) in [7, 11) is 0. The van der Waals surface area contributed by atoms with Gasteiger partial charge in [0.15, 0.2) is 0 Å². The van der Waals surface area contributed by atoms with E-state index in [4.69, 9.17) is 0 Å². The first-order valence-corrected chi connectivity index (χ1v) is 6.44. The van der Waals surface area contributed by atoms with E-state index in [9.17, 15) is 4.79 Å². The van der Waals surface area contributed by atoms with Gasteiger partial charge < -0.3 is 10.6 Å². The van der Waals surface area contributed by atoms with E-state index >= 15 is 0 Å². The molecule has 0 saturated carbocycles. The molecule has 2 heterocycles. The number of nitrogens with zero attached hydrogens (tertiary/aromatic N) is 1. The van der Waals surface area contributed by atoms with Crippen LogP contribution in [-0.2, 0) is 0 Å². The van der Waals surface area contributed by atoms with Gasteiger partial charge in [-0.15, -0.1) is 36.2 Å². The SMILES string of the molecule is Cc1nc(C)c(C(=O)NCC2CCCN2)s1.Cl.Cl. The van der Waals surface area contributed by atoms with E-state index in [1.807, 2.05) is 13.8 Å². The summed E-state index contributed by atoms with van der Waals surface area (Å²) >= 11 is 1.46. The van der Waals surface area contributed by atoms with E-state index < -0.39 is 0 Å². The Kier molecular flexibility index (Phi) is 7.78. The Labute approximate surface area is 124 Å². The second-order valence-electron chi connectivity index (χ2n) is 4.15. The number of carbonyl (C=O) groups is 1. The molecule has 18 heavy (non-hydrogen) atoms. The fourth-order valence-corrected chi connectivity index (χ4v) is 2.81. The van der Waals surface area contributed by atoms with Crippen LogP contribution in [0.25, 0.3) is 0 Å². The van der Waals surface area contributed by atoms with Crippen molar-refractivity contribution in [2.75, 3.05) is 13.1 Å². The number of thiazole rings is 1. The molecule has 1 aliphatic rings. The standard InChI is InChI=1S/C11H17N3OS.2ClH/c1-7-10(16-8(2)14-7)11(15)13-6-9-4-3-5-12-9;;/h9,12H,3-6H2,1-2H3,(H,13,15);2*1H. The molecule has 1 aromatic rings. The highest BCUT2D eigenvalue weighted by Gasteiger charge is 2.17. The topological polar surface area (TPSA) is 54.0 Å². The van der Waals surface area contributed by atoms with Gasteiger partial charge in [0.25, 0.3) is 5.91 Å². The van der Waals surface area contributed by atoms with Gasteiger partial charge in [0.05, 0.1) is 10.7 Å². The van der Waals surface area contributed by atoms with Crippen LogP contribution < -0.4 is 10.6 Å². The van der Waals surface area contributed by atoms with Gasteiger partial charge in [-0.3, -0.25) is 4.79 Å². The van der Waals surface area contributed by atoms with Crippen LogP contribution >= 0.6 is 36.2 Å². The second-order valence-corrected chi connectivity index (χ2v) is 5.35. The van der Waals surface area contributed by atoms with Gasteiger partial charge in [-0.25, -0.2) is 4.98 Å². The maximum absolute atomic E-state index is 11.9. The smallest absolute Gasteiger partial charge is 0.263 e. The first-order chi connectivity index (χ1) is 7.66. The normalized spacial score (nSPS) is 17.8. The molecular weight excluding hydrogens is 293 g/mol. The van der Waals surface area contributed by atoms with E-state index in [1.54, 1.807) is 0 Å². The van der Waals surface area contributed by atoms with Crippen molar-refractivity contribution in [3.63, 3.8) is 0 Å². The van der Waals surface area contributed by atoms with Crippen molar-refractivity contribution in [2.45, 2.75) is 32.7 Å². The summed E-state index contributed by atoms with van der Waals surface area (Å²) in [5.74, 6) is 0.0109. The third kappa shape index (κ3) is 4.39. The summed E-state index contributed by atoms with van der Waals surface area (Å²) in [6, 6.07) is 0.443. The third-order valence-corrected chi connectivity index (χ3v) is 3.85. The van der Waals surface area contributed by atoms with Gasteiger partial charge in [0, 0.05) is 12.6 Å². The molecule has 1 aliphatic heterocycles. The number of halogens is 2. The second kappa shape index (κ2) is 7.94. The molecule has 1 aromatic heterocycles. The number of hydrogen-bond donors (Lipinski definition) is 2. The van der Waals surface area contributed by atoms with Crippen molar-refractivity contribution in [2.24, 2.45) is 0 Å². The zero-order valence-corrected chi connectivity index (χ0v) is 12.9. The maximum Gasteiger partial charge on any atom is 0.263 e. The molecular formula is C11H19Cl2N3OS. The predicted octanol–water partition coefficient (Wildman–Crippen LogP) is 2.09. The van der Waals surface area contributed by atoms with Gasteiger partial charge in [-0.1, -0.05) is 0 Å². The lowest BCUT2D eigenvalue weighted by Crippen LogP contribution is -2.37. The van der Waals surface area contributed by atoms with Crippen LogP contribution in [-0.4, -0.2) is 30.0 Å². The Morgan fingerprint density at radius 2 is 2.22 bits per heavy atom. The van der Waals surface area contributed by atoms with E-state index in [0.717, 1.165) is 35.1 Å². The van der Waals surface area contributed by atoms with Crippen LogP contribution in [0.3, 0.4) is 0 Å². The van der Waals surface area contributed by atoms with Crippen molar-refractivity contribution in [3.8, 4) is 0 Å². The zero-order chi connectivity index (χ0) is 11.5. The first-order valence-electron chi connectivity index (χ1n) is 5.62. The summed E-state index contributed by atoms with van der Waals surface area (Å²) in [5.41, 5.74) is 0.833. The lowest BCUT2D eigenvalue weighted by Gasteiger charge is -2.10. The molecule has 0 spiro atoms. The van der Waals surface area contributed by atoms with E-state index in [-0.39, 0.29) is 30.7 Å². The number of rotatable bonds is 3. The molecule has 104 valence electrons. The van der Waals surface area contributed by atoms with Crippen molar-refractivity contribution in [1.29, 1.82) is 0 Å². The minimum absolute atomic E-state index is 0. The van der Waals surface area contributed by atoms with Crippen LogP contribution in [0.5, 0.6) is 0 Å². The highest BCUT2D eigenvalue weighted by atomic mass is 35.5. The largest absolute Gasteiger partial charge is 0.350 e. The Morgan fingerprint density at radius 1 is 1.50 bits per heavy atom. The number of aromatic nitrogens is 1. The Balaban J connectivity index is 0.00000144. The Hall–Kier alpha value is -0.360. The zero-order valence-electron chi connectivity index (χ0n) is 10.5. The van der Waals surface area contributed by atoms with Crippen molar-refractivity contribution in [1.82, 2.24) is 15.6 Å². The van der Waals surface area contributed by atoms with Crippen LogP contribution in [0.15, 0.2) is 0 Å². The number of nitrogens with one attached hydrogen (secondary N) is 2. The summed E-state index contributed by atoms with van der Waals surface area (Å²) in [5, 5.41) is 7.27. The van der Waals surface area contributed by atoms with Crippen LogP contribution in [0.2, 0.25) is 0 Å². The summed E-state index contributed by atoms with van der Waals surface area (Å²) in [6.45, 7) is 5.59. The number of aryl methyl sites for hydroxylation is 2. The average Bonchev–Trinajstić information content (AvgIpc) is 2.84. The van der Waals surface area contributed by atoms with Crippen molar-refractivity contribution in [3.05, 3.63) is 15.6 Å². The lowest BCUT2D eigenvalue weighted by atomic mass is 10.2. The lowest BCUT2D eigenvalue weighted by molar-refractivity contribution is 0.0953. The van der Waals surface area contributed by atoms with E-state index in [1.165, 1.54) is 17.8 Å². The molecule has 0 aliphatic carbocycles. The van der Waals surface area contributed by atoms with Gasteiger partial charge in [-0.05, 0) is 33.2 Å². The van der Waals surface area contributed by atoms with Crippen LogP contribution in [0.4, 0.5) is 0 Å². The number of hydrogen-bond acceptors (Lipinski definition) is 4. The molecule has 0 bridgehead atoms. The molecule has 1 fully saturated rings. The third-order valence-electron chi connectivity index (χ3n) is 2.78. The Morgan fingerprint density at radius 3 is 2.72 bits per heavy atom. The quantitative estimate of drug-likeness (QED) is 0.898.